The van der Waals surface area contributed by atoms with Crippen molar-refractivity contribution < 1.29 is 5.11 Å². The van der Waals surface area contributed by atoms with E-state index in [1.165, 1.54) is 5.56 Å². The van der Waals surface area contributed by atoms with E-state index in [2.05, 4.69) is 32.9 Å². The van der Waals surface area contributed by atoms with Gasteiger partial charge in [0.15, 0.2) is 0 Å². The maximum absolute atomic E-state index is 9.89. The van der Waals surface area contributed by atoms with Crippen molar-refractivity contribution in [2.24, 2.45) is 5.92 Å². The van der Waals surface area contributed by atoms with Crippen molar-refractivity contribution in [2.75, 3.05) is 0 Å². The van der Waals surface area contributed by atoms with Crippen LogP contribution in [0.5, 0.6) is 0 Å². The Morgan fingerprint density at radius 3 is 1.80 bits per heavy atom. The predicted molar refractivity (Wildman–Crippen MR) is 64.9 cm³/mol. The van der Waals surface area contributed by atoms with Gasteiger partial charge in [0, 0.05) is 0 Å². The Bertz CT molecular complexity index is 303. The lowest BCUT2D eigenvalue weighted by atomic mass is 9.86. The van der Waals surface area contributed by atoms with Crippen LogP contribution in [0.1, 0.15) is 51.8 Å². The summed E-state index contributed by atoms with van der Waals surface area (Å²) in [5.74, 6) is 0.269. The van der Waals surface area contributed by atoms with Crippen molar-refractivity contribution in [1.29, 1.82) is 0 Å². The zero-order valence-corrected chi connectivity index (χ0v) is 10.4. The third-order valence-electron chi connectivity index (χ3n) is 2.75. The van der Waals surface area contributed by atoms with Crippen LogP contribution in [-0.2, 0) is 5.41 Å². The molecule has 1 rings (SSSR count). The molecule has 0 heterocycles. The molecular formula is C14H22O. The van der Waals surface area contributed by atoms with Gasteiger partial charge in [-0.1, -0.05) is 58.9 Å². The van der Waals surface area contributed by atoms with Crippen LogP contribution in [-0.4, -0.2) is 5.11 Å². The zero-order chi connectivity index (χ0) is 11.6. The number of hydrogen-bond donors (Lipinski definition) is 1. The molecular weight excluding hydrogens is 184 g/mol. The number of rotatable bonds is 2. The third kappa shape index (κ3) is 3.07. The van der Waals surface area contributed by atoms with E-state index in [1.54, 1.807) is 0 Å². The summed E-state index contributed by atoms with van der Waals surface area (Å²) in [6.45, 7) is 10.6. The minimum Gasteiger partial charge on any atom is -0.388 e. The molecule has 1 heteroatoms. The molecule has 15 heavy (non-hydrogen) atoms. The van der Waals surface area contributed by atoms with Crippen molar-refractivity contribution in [3.8, 4) is 0 Å². The van der Waals surface area contributed by atoms with Crippen LogP contribution in [0.3, 0.4) is 0 Å². The smallest absolute Gasteiger partial charge is 0.0812 e. The van der Waals surface area contributed by atoms with Crippen molar-refractivity contribution >= 4 is 0 Å². The summed E-state index contributed by atoms with van der Waals surface area (Å²) < 4.78 is 0. The Balaban J connectivity index is 2.91. The Kier molecular flexibility index (Phi) is 3.56. The van der Waals surface area contributed by atoms with Gasteiger partial charge in [-0.05, 0) is 22.5 Å². The van der Waals surface area contributed by atoms with E-state index in [9.17, 15) is 5.11 Å². The lowest BCUT2D eigenvalue weighted by molar-refractivity contribution is 0.127. The van der Waals surface area contributed by atoms with Crippen LogP contribution < -0.4 is 0 Å². The van der Waals surface area contributed by atoms with Crippen molar-refractivity contribution in [2.45, 2.75) is 46.1 Å². The lowest BCUT2D eigenvalue weighted by Gasteiger charge is -2.21. The molecule has 0 amide bonds. The van der Waals surface area contributed by atoms with E-state index < -0.39 is 0 Å². The highest BCUT2D eigenvalue weighted by molar-refractivity contribution is 5.28. The molecule has 0 aliphatic carbocycles. The van der Waals surface area contributed by atoms with E-state index >= 15 is 0 Å². The lowest BCUT2D eigenvalue weighted by Crippen LogP contribution is -2.11. The minimum absolute atomic E-state index is 0.182. The molecule has 0 aromatic heterocycles. The number of aliphatic hydroxyl groups excluding tert-OH is 1. The molecule has 1 atom stereocenters. The summed E-state index contributed by atoms with van der Waals surface area (Å²) in [5, 5.41) is 9.89. The first kappa shape index (κ1) is 12.3. The fourth-order valence-electron chi connectivity index (χ4n) is 1.57. The quantitative estimate of drug-likeness (QED) is 0.782. The fraction of sp³-hybridized carbons (Fsp3) is 0.571. The van der Waals surface area contributed by atoms with E-state index in [-0.39, 0.29) is 17.4 Å². The van der Waals surface area contributed by atoms with E-state index in [0.29, 0.717) is 0 Å². The molecule has 0 fully saturated rings. The SMILES string of the molecule is CC(C)C(O)c1ccc(C(C)(C)C)cc1. The molecule has 0 aliphatic heterocycles. The van der Waals surface area contributed by atoms with Gasteiger partial charge in [0.05, 0.1) is 6.10 Å². The van der Waals surface area contributed by atoms with Gasteiger partial charge in [0.2, 0.25) is 0 Å². The molecule has 84 valence electrons. The van der Waals surface area contributed by atoms with Gasteiger partial charge in [0.25, 0.3) is 0 Å². The van der Waals surface area contributed by atoms with Crippen LogP contribution in [0, 0.1) is 5.92 Å². The highest BCUT2D eigenvalue weighted by atomic mass is 16.3. The first-order chi connectivity index (χ1) is 6.82. The highest BCUT2D eigenvalue weighted by Gasteiger charge is 2.15. The van der Waals surface area contributed by atoms with Crippen molar-refractivity contribution in [3.05, 3.63) is 35.4 Å². The summed E-state index contributed by atoms with van der Waals surface area (Å²) in [4.78, 5) is 0. The molecule has 0 saturated heterocycles. The molecule has 0 bridgehead atoms. The second-order valence-corrected chi connectivity index (χ2v) is 5.56. The summed E-state index contributed by atoms with van der Waals surface area (Å²) in [6, 6.07) is 8.29. The van der Waals surface area contributed by atoms with Gasteiger partial charge < -0.3 is 5.11 Å². The fourth-order valence-corrected chi connectivity index (χ4v) is 1.57. The van der Waals surface area contributed by atoms with Crippen LogP contribution in [0.4, 0.5) is 0 Å². The average molecular weight is 206 g/mol. The predicted octanol–water partition coefficient (Wildman–Crippen LogP) is 3.67. The third-order valence-corrected chi connectivity index (χ3v) is 2.75. The van der Waals surface area contributed by atoms with Gasteiger partial charge >= 0.3 is 0 Å². The maximum atomic E-state index is 9.89. The summed E-state index contributed by atoms with van der Waals surface area (Å²) in [6.07, 6.45) is -0.348. The molecule has 0 radical (unpaired) electrons. The van der Waals surface area contributed by atoms with Gasteiger partial charge in [-0.2, -0.15) is 0 Å². The van der Waals surface area contributed by atoms with Crippen LogP contribution in [0.25, 0.3) is 0 Å². The number of aliphatic hydroxyl groups is 1. The topological polar surface area (TPSA) is 20.2 Å². The first-order valence-electron chi connectivity index (χ1n) is 5.61. The van der Waals surface area contributed by atoms with Gasteiger partial charge in [-0.3, -0.25) is 0 Å². The molecule has 1 N–H and O–H groups in total. The van der Waals surface area contributed by atoms with E-state index in [0.717, 1.165) is 5.56 Å². The zero-order valence-electron chi connectivity index (χ0n) is 10.4. The van der Waals surface area contributed by atoms with Crippen molar-refractivity contribution in [1.82, 2.24) is 0 Å². The standard InChI is InChI=1S/C14H22O/c1-10(2)13(15)11-6-8-12(9-7-11)14(3,4)5/h6-10,13,15H,1-5H3. The van der Waals surface area contributed by atoms with Crippen LogP contribution in [0.2, 0.25) is 0 Å². The van der Waals surface area contributed by atoms with Crippen molar-refractivity contribution in [3.63, 3.8) is 0 Å². The van der Waals surface area contributed by atoms with Crippen LogP contribution >= 0.6 is 0 Å². The highest BCUT2D eigenvalue weighted by Crippen LogP contribution is 2.26. The normalized spacial score (nSPS) is 14.3. The van der Waals surface area contributed by atoms with Gasteiger partial charge in [0.1, 0.15) is 0 Å². The Morgan fingerprint density at radius 1 is 1.00 bits per heavy atom. The second-order valence-electron chi connectivity index (χ2n) is 5.56. The van der Waals surface area contributed by atoms with Gasteiger partial charge in [-0.25, -0.2) is 0 Å². The van der Waals surface area contributed by atoms with E-state index in [1.807, 2.05) is 26.0 Å². The largest absolute Gasteiger partial charge is 0.388 e. The molecule has 0 saturated carbocycles. The molecule has 0 aliphatic rings. The second kappa shape index (κ2) is 4.36. The summed E-state index contributed by atoms with van der Waals surface area (Å²) in [5.41, 5.74) is 2.50. The molecule has 1 aromatic rings. The van der Waals surface area contributed by atoms with Gasteiger partial charge in [-0.15, -0.1) is 0 Å². The molecule has 0 spiro atoms. The number of benzene rings is 1. The van der Waals surface area contributed by atoms with E-state index in [4.69, 9.17) is 0 Å². The average Bonchev–Trinajstić information content (AvgIpc) is 2.15. The Hall–Kier alpha value is -0.820. The van der Waals surface area contributed by atoms with Crippen LogP contribution in [0.15, 0.2) is 24.3 Å². The Labute approximate surface area is 93.1 Å². The molecule has 1 nitrogen and oxygen atoms in total. The summed E-state index contributed by atoms with van der Waals surface area (Å²) in [7, 11) is 0. The number of hydrogen-bond acceptors (Lipinski definition) is 1. The molecule has 1 aromatic carbocycles. The first-order valence-corrected chi connectivity index (χ1v) is 5.61. The molecule has 1 unspecified atom stereocenters. The monoisotopic (exact) mass is 206 g/mol. The minimum atomic E-state index is -0.348. The Morgan fingerprint density at radius 2 is 1.47 bits per heavy atom. The summed E-state index contributed by atoms with van der Waals surface area (Å²) >= 11 is 0. The maximum Gasteiger partial charge on any atom is 0.0812 e.